The summed E-state index contributed by atoms with van der Waals surface area (Å²) in [6, 6.07) is 0. The Kier molecular flexibility index (Phi) is 6.26. The van der Waals surface area contributed by atoms with E-state index in [9.17, 15) is 13.2 Å². The summed E-state index contributed by atoms with van der Waals surface area (Å²) in [6.45, 7) is 5.62. The van der Waals surface area contributed by atoms with Crippen molar-refractivity contribution in [3.8, 4) is 0 Å². The summed E-state index contributed by atoms with van der Waals surface area (Å²) in [6.07, 6.45) is -2.68. The first-order chi connectivity index (χ1) is 9.32. The number of hydrogen-bond acceptors (Lipinski definition) is 4. The molecule has 0 fully saturated rings. The van der Waals surface area contributed by atoms with E-state index in [0.29, 0.717) is 24.6 Å². The maximum Gasteiger partial charge on any atom is 0.406 e. The predicted octanol–water partition coefficient (Wildman–Crippen LogP) is 3.89. The molecule has 7 heteroatoms. The molecule has 0 amide bonds. The van der Waals surface area contributed by atoms with Crippen LogP contribution in [0.2, 0.25) is 0 Å². The smallest absolute Gasteiger partial charge is 0.339 e. The van der Waals surface area contributed by atoms with E-state index < -0.39 is 12.7 Å². The fourth-order valence-corrected chi connectivity index (χ4v) is 3.02. The molecule has 0 spiro atoms. The second kappa shape index (κ2) is 7.26. The van der Waals surface area contributed by atoms with E-state index in [1.807, 2.05) is 20.8 Å². The highest BCUT2D eigenvalue weighted by Gasteiger charge is 2.32. The van der Waals surface area contributed by atoms with Gasteiger partial charge in [0.25, 0.3) is 0 Å². The number of halogens is 3. The molecule has 0 radical (unpaired) electrons. The van der Waals surface area contributed by atoms with Crippen molar-refractivity contribution >= 4 is 16.5 Å². The highest BCUT2D eigenvalue weighted by molar-refractivity contribution is 7.15. The molecular formula is C13H22F3N3S. The zero-order valence-electron chi connectivity index (χ0n) is 12.1. The molecule has 0 saturated heterocycles. The molecule has 0 aliphatic carbocycles. The molecule has 1 heterocycles. The number of alkyl halides is 3. The molecule has 1 aromatic heterocycles. The van der Waals surface area contributed by atoms with Crippen LogP contribution in [-0.2, 0) is 6.54 Å². The Balaban J connectivity index is 3.04. The Bertz CT molecular complexity index is 417. The standard InChI is InChI=1S/C13H22F3N3S/c1-4-6-19(8-13(14,15)16)12-18-11(9(3)5-2)10(7-17)20-12/h9H,4-8,17H2,1-3H3. The van der Waals surface area contributed by atoms with Crippen LogP contribution in [0.3, 0.4) is 0 Å². The van der Waals surface area contributed by atoms with E-state index in [1.54, 1.807) is 0 Å². The van der Waals surface area contributed by atoms with Crippen LogP contribution in [0.5, 0.6) is 0 Å². The van der Waals surface area contributed by atoms with Gasteiger partial charge in [0.2, 0.25) is 0 Å². The van der Waals surface area contributed by atoms with E-state index in [1.165, 1.54) is 16.2 Å². The van der Waals surface area contributed by atoms with Crippen molar-refractivity contribution in [2.75, 3.05) is 18.0 Å². The normalized spacial score (nSPS) is 13.6. The predicted molar refractivity (Wildman–Crippen MR) is 77.3 cm³/mol. The number of nitrogens with two attached hydrogens (primary N) is 1. The first-order valence-corrected chi connectivity index (χ1v) is 7.65. The van der Waals surface area contributed by atoms with E-state index in [4.69, 9.17) is 5.73 Å². The van der Waals surface area contributed by atoms with Crippen LogP contribution in [0.1, 0.15) is 50.1 Å². The van der Waals surface area contributed by atoms with Crippen molar-refractivity contribution in [3.63, 3.8) is 0 Å². The summed E-state index contributed by atoms with van der Waals surface area (Å²) in [5.74, 6) is 0.216. The van der Waals surface area contributed by atoms with Crippen LogP contribution in [0.25, 0.3) is 0 Å². The minimum absolute atomic E-state index is 0.216. The van der Waals surface area contributed by atoms with Crippen LogP contribution in [0.15, 0.2) is 0 Å². The topological polar surface area (TPSA) is 42.2 Å². The second-order valence-corrected chi connectivity index (χ2v) is 5.92. The summed E-state index contributed by atoms with van der Waals surface area (Å²) in [5.41, 5.74) is 6.53. The minimum Gasteiger partial charge on any atom is -0.339 e. The van der Waals surface area contributed by atoms with Gasteiger partial charge in [-0.2, -0.15) is 13.2 Å². The van der Waals surface area contributed by atoms with Gasteiger partial charge in [0.15, 0.2) is 5.13 Å². The van der Waals surface area contributed by atoms with Gasteiger partial charge in [-0.05, 0) is 18.8 Å². The van der Waals surface area contributed by atoms with Crippen molar-refractivity contribution in [1.82, 2.24) is 4.98 Å². The highest BCUT2D eigenvalue weighted by Crippen LogP contribution is 2.33. The molecule has 0 aliphatic rings. The third-order valence-corrected chi connectivity index (χ3v) is 4.27. The van der Waals surface area contributed by atoms with E-state index in [2.05, 4.69) is 4.98 Å². The van der Waals surface area contributed by atoms with Gasteiger partial charge in [0, 0.05) is 18.0 Å². The van der Waals surface area contributed by atoms with Gasteiger partial charge in [-0.15, -0.1) is 11.3 Å². The fourth-order valence-electron chi connectivity index (χ4n) is 1.94. The van der Waals surface area contributed by atoms with Crippen molar-refractivity contribution in [3.05, 3.63) is 10.6 Å². The molecule has 116 valence electrons. The average Bonchev–Trinajstić information content (AvgIpc) is 2.79. The van der Waals surface area contributed by atoms with Crippen LogP contribution in [0.4, 0.5) is 18.3 Å². The SMILES string of the molecule is CCCN(CC(F)(F)F)c1nc(C(C)CC)c(CN)s1. The molecule has 1 rings (SSSR count). The fraction of sp³-hybridized carbons (Fsp3) is 0.769. The van der Waals surface area contributed by atoms with Crippen molar-refractivity contribution in [2.45, 2.75) is 52.3 Å². The van der Waals surface area contributed by atoms with Crippen LogP contribution in [0, 0.1) is 0 Å². The molecular weight excluding hydrogens is 287 g/mol. The Hall–Kier alpha value is -0.820. The highest BCUT2D eigenvalue weighted by atomic mass is 32.1. The Morgan fingerprint density at radius 2 is 2.00 bits per heavy atom. The lowest BCUT2D eigenvalue weighted by molar-refractivity contribution is -0.119. The molecule has 0 aliphatic heterocycles. The van der Waals surface area contributed by atoms with Gasteiger partial charge >= 0.3 is 6.18 Å². The summed E-state index contributed by atoms with van der Waals surface area (Å²) in [4.78, 5) is 6.61. The van der Waals surface area contributed by atoms with E-state index in [-0.39, 0.29) is 5.92 Å². The summed E-state index contributed by atoms with van der Waals surface area (Å²) < 4.78 is 37.9. The van der Waals surface area contributed by atoms with Crippen molar-refractivity contribution in [1.29, 1.82) is 0 Å². The molecule has 2 N–H and O–H groups in total. The lowest BCUT2D eigenvalue weighted by Gasteiger charge is -2.22. The first-order valence-electron chi connectivity index (χ1n) is 6.83. The number of rotatable bonds is 7. The molecule has 0 aromatic carbocycles. The Morgan fingerprint density at radius 1 is 1.35 bits per heavy atom. The van der Waals surface area contributed by atoms with E-state index in [0.717, 1.165) is 17.0 Å². The molecule has 20 heavy (non-hydrogen) atoms. The summed E-state index contributed by atoms with van der Waals surface area (Å²) in [7, 11) is 0. The monoisotopic (exact) mass is 309 g/mol. The lowest BCUT2D eigenvalue weighted by Crippen LogP contribution is -2.34. The molecule has 3 nitrogen and oxygen atoms in total. The minimum atomic E-state index is -4.22. The van der Waals surface area contributed by atoms with Gasteiger partial charge in [-0.3, -0.25) is 0 Å². The third-order valence-electron chi connectivity index (χ3n) is 3.12. The van der Waals surface area contributed by atoms with Crippen molar-refractivity contribution < 1.29 is 13.2 Å². The third kappa shape index (κ3) is 4.63. The van der Waals surface area contributed by atoms with Gasteiger partial charge in [-0.1, -0.05) is 20.8 Å². The van der Waals surface area contributed by atoms with Crippen LogP contribution < -0.4 is 10.6 Å². The largest absolute Gasteiger partial charge is 0.406 e. The second-order valence-electron chi connectivity index (χ2n) is 4.86. The average molecular weight is 309 g/mol. The molecule has 0 bridgehead atoms. The number of nitrogens with zero attached hydrogens (tertiary/aromatic N) is 2. The maximum absolute atomic E-state index is 12.6. The zero-order valence-corrected chi connectivity index (χ0v) is 12.9. The molecule has 1 atom stereocenters. The lowest BCUT2D eigenvalue weighted by atomic mass is 10.0. The molecule has 0 saturated carbocycles. The number of thiazole rings is 1. The van der Waals surface area contributed by atoms with Gasteiger partial charge in [0.1, 0.15) is 6.54 Å². The van der Waals surface area contributed by atoms with Crippen LogP contribution in [-0.4, -0.2) is 24.2 Å². The summed E-state index contributed by atoms with van der Waals surface area (Å²) >= 11 is 1.28. The molecule has 1 aromatic rings. The number of anilines is 1. The number of hydrogen-bond donors (Lipinski definition) is 1. The first kappa shape index (κ1) is 17.2. The quantitative estimate of drug-likeness (QED) is 0.831. The Labute approximate surface area is 122 Å². The Morgan fingerprint density at radius 3 is 2.45 bits per heavy atom. The van der Waals surface area contributed by atoms with Gasteiger partial charge in [0.05, 0.1) is 5.69 Å². The van der Waals surface area contributed by atoms with Crippen LogP contribution >= 0.6 is 11.3 Å². The van der Waals surface area contributed by atoms with Crippen molar-refractivity contribution in [2.24, 2.45) is 5.73 Å². The molecule has 1 unspecified atom stereocenters. The van der Waals surface area contributed by atoms with Gasteiger partial charge < -0.3 is 10.6 Å². The number of aromatic nitrogens is 1. The van der Waals surface area contributed by atoms with E-state index >= 15 is 0 Å². The summed E-state index contributed by atoms with van der Waals surface area (Å²) in [5, 5.41) is 0.430. The van der Waals surface area contributed by atoms with Gasteiger partial charge in [-0.25, -0.2) is 4.98 Å². The maximum atomic E-state index is 12.6. The zero-order chi connectivity index (χ0) is 15.3.